The molecule has 2 aromatic carbocycles. The fourth-order valence-electron chi connectivity index (χ4n) is 2.22. The zero-order chi connectivity index (χ0) is 18.4. The predicted octanol–water partition coefficient (Wildman–Crippen LogP) is 4.79. The summed E-state index contributed by atoms with van der Waals surface area (Å²) < 4.78 is 1.07. The molecule has 2 aromatic rings. The summed E-state index contributed by atoms with van der Waals surface area (Å²) in [6.07, 6.45) is 0.684. The van der Waals surface area contributed by atoms with Crippen molar-refractivity contribution in [1.29, 1.82) is 0 Å². The molecule has 0 bridgehead atoms. The Balaban J connectivity index is 1.97. The summed E-state index contributed by atoms with van der Waals surface area (Å²) in [6.45, 7) is 6.03. The quantitative estimate of drug-likeness (QED) is 0.400. The molecule has 0 saturated heterocycles. The molecular weight excluding hydrogens is 400 g/mol. The van der Waals surface area contributed by atoms with Gasteiger partial charge in [0.15, 0.2) is 0 Å². The molecule has 0 unspecified atom stereocenters. The number of amides is 1. The van der Waals surface area contributed by atoms with Crippen LogP contribution in [-0.4, -0.2) is 22.5 Å². The van der Waals surface area contributed by atoms with Gasteiger partial charge in [0.25, 0.3) is 0 Å². The molecule has 0 fully saturated rings. The molecule has 4 nitrogen and oxygen atoms in total. The lowest BCUT2D eigenvalue weighted by molar-refractivity contribution is -0.118. The molecule has 2 rings (SSSR count). The highest BCUT2D eigenvalue weighted by molar-refractivity contribution is 9.10. The number of hydrazone groups is 1. The minimum Gasteiger partial charge on any atom is -0.508 e. The molecule has 6 heteroatoms. The molecule has 2 N–H and O–H groups in total. The largest absolute Gasteiger partial charge is 0.508 e. The minimum atomic E-state index is -0.144. The number of benzene rings is 2. The van der Waals surface area contributed by atoms with Gasteiger partial charge in [0.05, 0.1) is 11.5 Å². The molecule has 0 aromatic heterocycles. The molecule has 0 radical (unpaired) electrons. The second-order valence-corrected chi connectivity index (χ2v) is 7.52. The molecule has 0 spiro atoms. The molecule has 0 saturated carbocycles. The van der Waals surface area contributed by atoms with Crippen molar-refractivity contribution in [3.8, 4) is 5.75 Å². The summed E-state index contributed by atoms with van der Waals surface area (Å²) in [6, 6.07) is 10.9. The Morgan fingerprint density at radius 1 is 1.20 bits per heavy atom. The van der Waals surface area contributed by atoms with Gasteiger partial charge in [-0.1, -0.05) is 22.9 Å². The maximum absolute atomic E-state index is 12.1. The average molecular weight is 421 g/mol. The lowest BCUT2D eigenvalue weighted by Crippen LogP contribution is -2.21. The third kappa shape index (κ3) is 5.61. The van der Waals surface area contributed by atoms with Crippen LogP contribution in [-0.2, 0) is 4.79 Å². The predicted molar refractivity (Wildman–Crippen MR) is 107 cm³/mol. The number of hydrogen-bond donors (Lipinski definition) is 2. The Labute approximate surface area is 160 Å². The van der Waals surface area contributed by atoms with Crippen molar-refractivity contribution in [3.63, 3.8) is 0 Å². The molecule has 1 amide bonds. The number of aromatic hydroxyl groups is 1. The maximum atomic E-state index is 12.1. The maximum Gasteiger partial charge on any atom is 0.250 e. The van der Waals surface area contributed by atoms with Crippen LogP contribution in [0.1, 0.15) is 30.0 Å². The van der Waals surface area contributed by atoms with Gasteiger partial charge in [0, 0.05) is 9.37 Å². The van der Waals surface area contributed by atoms with Crippen LogP contribution in [0.3, 0.4) is 0 Å². The number of hydrogen-bond acceptors (Lipinski definition) is 4. The number of phenols is 1. The van der Waals surface area contributed by atoms with Gasteiger partial charge in [0.2, 0.25) is 5.91 Å². The van der Waals surface area contributed by atoms with Crippen molar-refractivity contribution in [2.24, 2.45) is 5.10 Å². The van der Waals surface area contributed by atoms with Gasteiger partial charge in [-0.25, -0.2) is 5.43 Å². The van der Waals surface area contributed by atoms with E-state index in [0.29, 0.717) is 12.2 Å². The lowest BCUT2D eigenvalue weighted by Gasteiger charge is -2.09. The van der Waals surface area contributed by atoms with Crippen LogP contribution >= 0.6 is 27.7 Å². The van der Waals surface area contributed by atoms with Gasteiger partial charge >= 0.3 is 0 Å². The summed E-state index contributed by atoms with van der Waals surface area (Å²) in [5.74, 6) is 0.368. The fraction of sp³-hybridized carbons (Fsp3) is 0.263. The normalized spacial score (nSPS) is 11.4. The molecule has 0 atom stereocenters. The summed E-state index contributed by atoms with van der Waals surface area (Å²) >= 11 is 5.01. The van der Waals surface area contributed by atoms with Gasteiger partial charge in [0.1, 0.15) is 5.75 Å². The summed E-state index contributed by atoms with van der Waals surface area (Å²) in [5, 5.41) is 13.6. The Morgan fingerprint density at radius 2 is 1.88 bits per heavy atom. The van der Waals surface area contributed by atoms with Crippen LogP contribution in [0.15, 0.2) is 50.9 Å². The molecule has 0 aliphatic carbocycles. The summed E-state index contributed by atoms with van der Waals surface area (Å²) in [5.41, 5.74) is 6.55. The number of carbonyl (C=O) groups is 1. The van der Waals surface area contributed by atoms with Crippen LogP contribution in [0, 0.1) is 13.8 Å². The lowest BCUT2D eigenvalue weighted by atomic mass is 10.1. The van der Waals surface area contributed by atoms with Gasteiger partial charge < -0.3 is 5.11 Å². The Morgan fingerprint density at radius 3 is 2.52 bits per heavy atom. The molecule has 132 valence electrons. The van der Waals surface area contributed by atoms with E-state index in [4.69, 9.17) is 0 Å². The van der Waals surface area contributed by atoms with Crippen LogP contribution in [0.4, 0.5) is 0 Å². The second-order valence-electron chi connectivity index (χ2n) is 5.65. The van der Waals surface area contributed by atoms with Crippen LogP contribution in [0.2, 0.25) is 0 Å². The van der Waals surface area contributed by atoms with Crippen LogP contribution in [0.5, 0.6) is 5.75 Å². The summed E-state index contributed by atoms with van der Waals surface area (Å²) in [7, 11) is 0. The Kier molecular flexibility index (Phi) is 7.08. The first-order valence-electron chi connectivity index (χ1n) is 7.95. The van der Waals surface area contributed by atoms with E-state index in [0.717, 1.165) is 31.8 Å². The molecular formula is C19H21BrN2O2S. The van der Waals surface area contributed by atoms with Gasteiger partial charge in [-0.3, -0.25) is 4.79 Å². The smallest absolute Gasteiger partial charge is 0.250 e. The van der Waals surface area contributed by atoms with Crippen molar-refractivity contribution in [2.75, 3.05) is 5.75 Å². The van der Waals surface area contributed by atoms with E-state index < -0.39 is 0 Å². The van der Waals surface area contributed by atoms with Crippen molar-refractivity contribution in [3.05, 3.63) is 57.6 Å². The molecule has 0 aliphatic rings. The number of nitrogens with zero attached hydrogens (tertiary/aromatic N) is 1. The van der Waals surface area contributed by atoms with E-state index in [9.17, 15) is 9.90 Å². The van der Waals surface area contributed by atoms with E-state index in [1.54, 1.807) is 24.3 Å². The van der Waals surface area contributed by atoms with Crippen LogP contribution in [0.25, 0.3) is 0 Å². The summed E-state index contributed by atoms with van der Waals surface area (Å²) in [4.78, 5) is 13.2. The van der Waals surface area contributed by atoms with E-state index in [2.05, 4.69) is 38.6 Å². The molecule has 25 heavy (non-hydrogen) atoms. The van der Waals surface area contributed by atoms with Crippen molar-refractivity contribution >= 4 is 39.3 Å². The number of aryl methyl sites for hydroxylation is 2. The first-order valence-corrected chi connectivity index (χ1v) is 9.73. The fourth-order valence-corrected chi connectivity index (χ4v) is 3.57. The van der Waals surface area contributed by atoms with E-state index >= 15 is 0 Å². The van der Waals surface area contributed by atoms with Crippen molar-refractivity contribution in [1.82, 2.24) is 5.43 Å². The van der Waals surface area contributed by atoms with Crippen molar-refractivity contribution in [2.45, 2.75) is 32.1 Å². The SMILES string of the molecule is CC/C(=N\NC(=O)CSc1cc(C)c(Br)cc1C)c1ccc(O)cc1. The second kappa shape index (κ2) is 9.06. The number of halogens is 1. The van der Waals surface area contributed by atoms with E-state index in [1.807, 2.05) is 20.8 Å². The first kappa shape index (κ1) is 19.5. The minimum absolute atomic E-state index is 0.144. The zero-order valence-electron chi connectivity index (χ0n) is 14.5. The van der Waals surface area contributed by atoms with Gasteiger partial charge in [-0.05, 0) is 73.4 Å². The van der Waals surface area contributed by atoms with E-state index in [-0.39, 0.29) is 11.7 Å². The van der Waals surface area contributed by atoms with Crippen LogP contribution < -0.4 is 5.43 Å². The highest BCUT2D eigenvalue weighted by atomic mass is 79.9. The highest BCUT2D eigenvalue weighted by Gasteiger charge is 2.08. The molecule has 0 heterocycles. The first-order chi connectivity index (χ1) is 11.9. The highest BCUT2D eigenvalue weighted by Crippen LogP contribution is 2.28. The van der Waals surface area contributed by atoms with Gasteiger partial charge in [-0.2, -0.15) is 5.10 Å². The number of rotatable bonds is 6. The average Bonchev–Trinajstić information content (AvgIpc) is 2.59. The van der Waals surface area contributed by atoms with Gasteiger partial charge in [-0.15, -0.1) is 11.8 Å². The number of carbonyl (C=O) groups excluding carboxylic acids is 1. The number of thioether (sulfide) groups is 1. The van der Waals surface area contributed by atoms with E-state index in [1.165, 1.54) is 11.8 Å². The third-order valence-electron chi connectivity index (χ3n) is 3.67. The molecule has 0 aliphatic heterocycles. The monoisotopic (exact) mass is 420 g/mol. The topological polar surface area (TPSA) is 61.7 Å². The standard InChI is InChI=1S/C19H21BrN2O2S/c1-4-17(14-5-7-15(23)8-6-14)21-22-19(24)11-25-18-10-12(2)16(20)9-13(18)3/h5-10,23H,4,11H2,1-3H3,(H,22,24)/b21-17+. The third-order valence-corrected chi connectivity index (χ3v) is 5.68. The Bertz CT molecular complexity index is 789. The Hall–Kier alpha value is -1.79. The number of nitrogens with one attached hydrogen (secondary N) is 1. The van der Waals surface area contributed by atoms with Crippen molar-refractivity contribution < 1.29 is 9.90 Å². The number of phenolic OH excluding ortho intramolecular Hbond substituents is 1. The zero-order valence-corrected chi connectivity index (χ0v) is 16.9.